The van der Waals surface area contributed by atoms with Gasteiger partial charge in [0, 0.05) is 42.6 Å². The number of benzene rings is 1. The Labute approximate surface area is 159 Å². The third-order valence-corrected chi connectivity index (χ3v) is 5.17. The van der Waals surface area contributed by atoms with E-state index in [0.717, 1.165) is 42.6 Å². The van der Waals surface area contributed by atoms with E-state index in [-0.39, 0.29) is 11.5 Å². The van der Waals surface area contributed by atoms with Crippen LogP contribution in [0, 0.1) is 5.92 Å². The van der Waals surface area contributed by atoms with Gasteiger partial charge in [0.2, 0.25) is 5.91 Å². The number of hydrogen-bond donors (Lipinski definition) is 1. The molecule has 0 spiro atoms. The molecule has 0 saturated carbocycles. The molecule has 1 aromatic heterocycles. The van der Waals surface area contributed by atoms with E-state index in [1.807, 2.05) is 36.1 Å². The fourth-order valence-corrected chi connectivity index (χ4v) is 3.65. The molecule has 0 aliphatic carbocycles. The summed E-state index contributed by atoms with van der Waals surface area (Å²) in [7, 11) is 1.61. The van der Waals surface area contributed by atoms with Crippen molar-refractivity contribution in [2.45, 2.75) is 32.6 Å². The van der Waals surface area contributed by atoms with Crippen LogP contribution in [0.2, 0.25) is 0 Å². The number of hydrogen-bond acceptors (Lipinski definition) is 4. The Balaban J connectivity index is 1.64. The molecule has 1 aliphatic rings. The monoisotopic (exact) mass is 372 g/mol. The molecule has 1 N–H and O–H groups in total. The Bertz CT molecular complexity index is 846. The van der Waals surface area contributed by atoms with Crippen LogP contribution in [0.3, 0.4) is 0 Å². The Kier molecular flexibility index (Phi) is 6.50. The third-order valence-electron chi connectivity index (χ3n) is 5.17. The number of aromatic nitrogens is 1. The van der Waals surface area contributed by atoms with Gasteiger partial charge in [-0.15, -0.1) is 0 Å². The number of methoxy groups -OCH3 is 1. The quantitative estimate of drug-likeness (QED) is 0.811. The minimum atomic E-state index is -0.131. The smallest absolute Gasteiger partial charge is 0.251 e. The molecule has 1 saturated heterocycles. The van der Waals surface area contributed by atoms with E-state index >= 15 is 0 Å². The summed E-state index contributed by atoms with van der Waals surface area (Å²) in [5.74, 6) is 1.27. The second kappa shape index (κ2) is 9.04. The summed E-state index contributed by atoms with van der Waals surface area (Å²) in [5, 5.41) is 0.908. The number of likely N-dealkylation sites (tertiary alicyclic amines) is 1. The average Bonchev–Trinajstić information content (AvgIpc) is 2.70. The molecule has 3 rings (SSSR count). The Morgan fingerprint density at radius 2 is 2.19 bits per heavy atom. The normalized spacial score (nSPS) is 17.3. The van der Waals surface area contributed by atoms with Gasteiger partial charge in [-0.25, -0.2) is 0 Å². The minimum absolute atomic E-state index is 0.112. The van der Waals surface area contributed by atoms with Crippen LogP contribution in [-0.2, 0) is 16.0 Å². The molecule has 6 heteroatoms. The maximum absolute atomic E-state index is 12.6. The van der Waals surface area contributed by atoms with Crippen LogP contribution in [0.4, 0.5) is 0 Å². The fraction of sp³-hybridized carbons (Fsp3) is 0.524. The van der Waals surface area contributed by atoms with Crippen molar-refractivity contribution in [1.82, 2.24) is 9.88 Å². The molecule has 146 valence electrons. The van der Waals surface area contributed by atoms with Crippen LogP contribution in [0.5, 0.6) is 5.75 Å². The molecule has 0 radical (unpaired) electrons. The van der Waals surface area contributed by atoms with Crippen LogP contribution in [0.1, 0.15) is 31.7 Å². The number of nitrogens with one attached hydrogen (secondary N) is 1. The summed E-state index contributed by atoms with van der Waals surface area (Å²) in [6, 6.07) is 7.39. The first-order valence-electron chi connectivity index (χ1n) is 9.66. The zero-order valence-corrected chi connectivity index (χ0v) is 16.1. The fourth-order valence-electron chi connectivity index (χ4n) is 3.65. The number of pyridine rings is 1. The number of piperidine rings is 1. The summed E-state index contributed by atoms with van der Waals surface area (Å²) in [5.41, 5.74) is 1.27. The maximum Gasteiger partial charge on any atom is 0.251 e. The standard InChI is InChI=1S/C21H28N2O4/c1-3-27-14-15-5-4-10-23(13-15)20(24)9-6-16-11-17-12-18(26-2)7-8-19(17)22-21(16)25/h7-8,11-12,15H,3-6,9-10,13-14H2,1-2H3,(H,22,25). The van der Waals surface area contributed by atoms with Crippen molar-refractivity contribution in [2.75, 3.05) is 33.4 Å². The van der Waals surface area contributed by atoms with Crippen molar-refractivity contribution in [3.05, 3.63) is 40.2 Å². The Hall–Kier alpha value is -2.34. The number of carbonyl (C=O) groups excluding carboxylic acids is 1. The maximum atomic E-state index is 12.6. The van der Waals surface area contributed by atoms with Crippen molar-refractivity contribution in [2.24, 2.45) is 5.92 Å². The molecule has 2 heterocycles. The molecule has 1 atom stereocenters. The lowest BCUT2D eigenvalue weighted by Gasteiger charge is -2.32. The lowest BCUT2D eigenvalue weighted by atomic mass is 9.98. The van der Waals surface area contributed by atoms with Crippen LogP contribution >= 0.6 is 0 Å². The summed E-state index contributed by atoms with van der Waals surface area (Å²) in [6.07, 6.45) is 2.91. The van der Waals surface area contributed by atoms with Crippen molar-refractivity contribution < 1.29 is 14.3 Å². The van der Waals surface area contributed by atoms with Gasteiger partial charge in [0.25, 0.3) is 5.56 Å². The van der Waals surface area contributed by atoms with Crippen LogP contribution in [-0.4, -0.2) is 49.2 Å². The number of fused-ring (bicyclic) bond motifs is 1. The van der Waals surface area contributed by atoms with Crippen LogP contribution in [0.15, 0.2) is 29.1 Å². The van der Waals surface area contributed by atoms with Gasteiger partial charge < -0.3 is 19.4 Å². The molecule has 1 amide bonds. The summed E-state index contributed by atoms with van der Waals surface area (Å²) < 4.78 is 10.8. The second-order valence-corrected chi connectivity index (χ2v) is 7.08. The summed E-state index contributed by atoms with van der Waals surface area (Å²) >= 11 is 0. The zero-order chi connectivity index (χ0) is 19.2. The van der Waals surface area contributed by atoms with E-state index in [0.29, 0.717) is 37.5 Å². The van der Waals surface area contributed by atoms with E-state index in [9.17, 15) is 9.59 Å². The number of nitrogens with zero attached hydrogens (tertiary/aromatic N) is 1. The van der Waals surface area contributed by atoms with Gasteiger partial charge in [0.05, 0.1) is 13.7 Å². The Morgan fingerprint density at radius 1 is 1.33 bits per heavy atom. The Morgan fingerprint density at radius 3 is 2.96 bits per heavy atom. The van der Waals surface area contributed by atoms with Gasteiger partial charge in [0.15, 0.2) is 0 Å². The van der Waals surface area contributed by atoms with Gasteiger partial charge in [-0.1, -0.05) is 0 Å². The van der Waals surface area contributed by atoms with Crippen LogP contribution in [0.25, 0.3) is 10.9 Å². The van der Waals surface area contributed by atoms with Gasteiger partial charge in [-0.2, -0.15) is 0 Å². The van der Waals surface area contributed by atoms with E-state index in [2.05, 4.69) is 4.98 Å². The van der Waals surface area contributed by atoms with E-state index < -0.39 is 0 Å². The molecule has 1 aliphatic heterocycles. The number of aryl methyl sites for hydroxylation is 1. The van der Waals surface area contributed by atoms with E-state index in [4.69, 9.17) is 9.47 Å². The van der Waals surface area contributed by atoms with Gasteiger partial charge in [0.1, 0.15) is 5.75 Å². The number of amides is 1. The first-order valence-corrected chi connectivity index (χ1v) is 9.66. The molecular weight excluding hydrogens is 344 g/mol. The zero-order valence-electron chi connectivity index (χ0n) is 16.1. The van der Waals surface area contributed by atoms with Gasteiger partial charge in [-0.3, -0.25) is 9.59 Å². The minimum Gasteiger partial charge on any atom is -0.497 e. The highest BCUT2D eigenvalue weighted by Crippen LogP contribution is 2.20. The third kappa shape index (κ3) is 4.89. The predicted octanol–water partition coefficient (Wildman–Crippen LogP) is 2.74. The van der Waals surface area contributed by atoms with Crippen LogP contribution < -0.4 is 10.3 Å². The molecule has 0 bridgehead atoms. The topological polar surface area (TPSA) is 71.6 Å². The SMILES string of the molecule is CCOCC1CCCN(C(=O)CCc2cc3cc(OC)ccc3[nH]c2=O)C1. The van der Waals surface area contributed by atoms with Gasteiger partial charge in [-0.05, 0) is 56.4 Å². The molecular formula is C21H28N2O4. The van der Waals surface area contributed by atoms with Crippen molar-refractivity contribution in [3.63, 3.8) is 0 Å². The van der Waals surface area contributed by atoms with E-state index in [1.54, 1.807) is 7.11 Å². The number of carbonyl (C=O) groups is 1. The number of H-pyrrole nitrogens is 1. The molecule has 27 heavy (non-hydrogen) atoms. The largest absolute Gasteiger partial charge is 0.497 e. The first kappa shape index (κ1) is 19.4. The van der Waals surface area contributed by atoms with Crippen molar-refractivity contribution in [1.29, 1.82) is 0 Å². The molecule has 2 aromatic rings. The highest BCUT2D eigenvalue weighted by molar-refractivity contribution is 5.81. The van der Waals surface area contributed by atoms with E-state index in [1.165, 1.54) is 0 Å². The molecule has 1 aromatic carbocycles. The predicted molar refractivity (Wildman–Crippen MR) is 105 cm³/mol. The highest BCUT2D eigenvalue weighted by Gasteiger charge is 2.23. The lowest BCUT2D eigenvalue weighted by molar-refractivity contribution is -0.133. The number of aromatic amines is 1. The average molecular weight is 372 g/mol. The molecule has 1 unspecified atom stereocenters. The van der Waals surface area contributed by atoms with Crippen molar-refractivity contribution in [3.8, 4) is 5.75 Å². The van der Waals surface area contributed by atoms with Gasteiger partial charge >= 0.3 is 0 Å². The molecule has 6 nitrogen and oxygen atoms in total. The first-order chi connectivity index (χ1) is 13.1. The van der Waals surface area contributed by atoms with Crippen molar-refractivity contribution >= 4 is 16.8 Å². The second-order valence-electron chi connectivity index (χ2n) is 7.08. The molecule has 1 fully saturated rings. The lowest BCUT2D eigenvalue weighted by Crippen LogP contribution is -2.41. The summed E-state index contributed by atoms with van der Waals surface area (Å²) in [4.78, 5) is 29.8. The highest BCUT2D eigenvalue weighted by atomic mass is 16.5. The number of rotatable bonds is 7. The number of ether oxygens (including phenoxy) is 2. The summed E-state index contributed by atoms with van der Waals surface area (Å²) in [6.45, 7) is 4.96.